The summed E-state index contributed by atoms with van der Waals surface area (Å²) in [4.78, 5) is 8.02. The number of benzene rings is 1. The molecule has 0 saturated heterocycles. The van der Waals surface area contributed by atoms with Crippen LogP contribution in [0.2, 0.25) is 0 Å². The maximum absolute atomic E-state index is 5.63. The van der Waals surface area contributed by atoms with E-state index in [1.54, 1.807) is 6.20 Å². The SMILES string of the molecule is C(=Cc1cccc2c1OCCO2)c1ccncn1. The second kappa shape index (κ2) is 4.87. The smallest absolute Gasteiger partial charge is 0.168 e. The van der Waals surface area contributed by atoms with E-state index in [4.69, 9.17) is 9.47 Å². The Kier molecular flexibility index (Phi) is 2.92. The number of aromatic nitrogens is 2. The highest BCUT2D eigenvalue weighted by Crippen LogP contribution is 2.34. The molecule has 4 nitrogen and oxygen atoms in total. The summed E-state index contributed by atoms with van der Waals surface area (Å²) in [7, 11) is 0. The molecule has 1 aromatic heterocycles. The first-order valence-corrected chi connectivity index (χ1v) is 5.76. The summed E-state index contributed by atoms with van der Waals surface area (Å²) in [5, 5.41) is 0. The van der Waals surface area contributed by atoms with Gasteiger partial charge >= 0.3 is 0 Å². The van der Waals surface area contributed by atoms with Gasteiger partial charge in [-0.05, 0) is 24.3 Å². The second-order valence-corrected chi connectivity index (χ2v) is 3.84. The maximum Gasteiger partial charge on any atom is 0.168 e. The lowest BCUT2D eigenvalue weighted by atomic mass is 10.1. The highest BCUT2D eigenvalue weighted by molar-refractivity contribution is 5.73. The fourth-order valence-corrected chi connectivity index (χ4v) is 1.80. The summed E-state index contributed by atoms with van der Waals surface area (Å²) in [6.45, 7) is 1.19. The van der Waals surface area contributed by atoms with E-state index in [9.17, 15) is 0 Å². The molecule has 2 heterocycles. The normalized spacial score (nSPS) is 13.8. The molecule has 0 aliphatic carbocycles. The van der Waals surface area contributed by atoms with Gasteiger partial charge in [-0.15, -0.1) is 0 Å². The van der Waals surface area contributed by atoms with E-state index in [0.29, 0.717) is 13.2 Å². The van der Waals surface area contributed by atoms with E-state index in [-0.39, 0.29) is 0 Å². The molecule has 1 aliphatic heterocycles. The molecule has 0 atom stereocenters. The van der Waals surface area contributed by atoms with Crippen LogP contribution in [-0.2, 0) is 0 Å². The molecule has 1 aromatic carbocycles. The molecule has 4 heteroatoms. The molecule has 2 aromatic rings. The first kappa shape index (κ1) is 10.8. The van der Waals surface area contributed by atoms with Gasteiger partial charge in [-0.2, -0.15) is 0 Å². The topological polar surface area (TPSA) is 44.2 Å². The molecular formula is C14H12N2O2. The Hall–Kier alpha value is -2.36. The first-order chi connectivity index (χ1) is 8.93. The van der Waals surface area contributed by atoms with Crippen molar-refractivity contribution in [1.29, 1.82) is 0 Å². The monoisotopic (exact) mass is 240 g/mol. The minimum Gasteiger partial charge on any atom is -0.486 e. The van der Waals surface area contributed by atoms with Gasteiger partial charge in [0, 0.05) is 11.8 Å². The minimum atomic E-state index is 0.589. The van der Waals surface area contributed by atoms with Gasteiger partial charge in [-0.1, -0.05) is 12.1 Å². The van der Waals surface area contributed by atoms with E-state index in [2.05, 4.69) is 9.97 Å². The molecule has 0 radical (unpaired) electrons. The lowest BCUT2D eigenvalue weighted by molar-refractivity contribution is 0.171. The standard InChI is InChI=1S/C14H12N2O2/c1-2-11(4-5-12-6-7-15-10-16-12)14-13(3-1)17-8-9-18-14/h1-7,10H,8-9H2. The van der Waals surface area contributed by atoms with Crippen molar-refractivity contribution < 1.29 is 9.47 Å². The number of fused-ring (bicyclic) bond motifs is 1. The van der Waals surface area contributed by atoms with Crippen LogP contribution in [0.4, 0.5) is 0 Å². The molecule has 3 rings (SSSR count). The van der Waals surface area contributed by atoms with Gasteiger partial charge in [0.1, 0.15) is 19.5 Å². The Bertz CT molecular complexity index is 567. The molecular weight excluding hydrogens is 228 g/mol. The van der Waals surface area contributed by atoms with Crippen LogP contribution < -0.4 is 9.47 Å². The average molecular weight is 240 g/mol. The van der Waals surface area contributed by atoms with Crippen molar-refractivity contribution in [3.05, 3.63) is 48.0 Å². The van der Waals surface area contributed by atoms with Gasteiger partial charge in [0.25, 0.3) is 0 Å². The van der Waals surface area contributed by atoms with Gasteiger partial charge in [0.15, 0.2) is 11.5 Å². The van der Waals surface area contributed by atoms with Crippen LogP contribution in [0.1, 0.15) is 11.3 Å². The Morgan fingerprint density at radius 1 is 1.06 bits per heavy atom. The van der Waals surface area contributed by atoms with Gasteiger partial charge < -0.3 is 9.47 Å². The lowest BCUT2D eigenvalue weighted by Gasteiger charge is -2.19. The molecule has 0 unspecified atom stereocenters. The predicted octanol–water partition coefficient (Wildman–Crippen LogP) is 2.42. The Labute approximate surface area is 105 Å². The van der Waals surface area contributed by atoms with Crippen LogP contribution in [0, 0.1) is 0 Å². The van der Waals surface area contributed by atoms with Crippen molar-refractivity contribution in [3.8, 4) is 11.5 Å². The summed E-state index contributed by atoms with van der Waals surface area (Å²) in [5.74, 6) is 1.60. The van der Waals surface area contributed by atoms with Crippen molar-refractivity contribution >= 4 is 12.2 Å². The minimum absolute atomic E-state index is 0.589. The molecule has 0 spiro atoms. The van der Waals surface area contributed by atoms with Crippen LogP contribution in [0.25, 0.3) is 12.2 Å². The van der Waals surface area contributed by atoms with Crippen molar-refractivity contribution in [2.24, 2.45) is 0 Å². The molecule has 90 valence electrons. The fourth-order valence-electron chi connectivity index (χ4n) is 1.80. The number of hydrogen-bond acceptors (Lipinski definition) is 4. The number of rotatable bonds is 2. The van der Waals surface area contributed by atoms with Crippen molar-refractivity contribution in [2.45, 2.75) is 0 Å². The zero-order valence-corrected chi connectivity index (χ0v) is 9.74. The first-order valence-electron chi connectivity index (χ1n) is 5.76. The van der Waals surface area contributed by atoms with Gasteiger partial charge in [-0.25, -0.2) is 9.97 Å². The summed E-state index contributed by atoms with van der Waals surface area (Å²) < 4.78 is 11.2. The van der Waals surface area contributed by atoms with E-state index in [1.807, 2.05) is 36.4 Å². The number of hydrogen-bond donors (Lipinski definition) is 0. The predicted molar refractivity (Wildman–Crippen MR) is 68.4 cm³/mol. The van der Waals surface area contributed by atoms with Gasteiger partial charge in [-0.3, -0.25) is 0 Å². The van der Waals surface area contributed by atoms with Gasteiger partial charge in [0.2, 0.25) is 0 Å². The summed E-state index contributed by atoms with van der Waals surface area (Å²) in [6, 6.07) is 7.71. The molecule has 0 amide bonds. The highest BCUT2D eigenvalue weighted by atomic mass is 16.6. The molecule has 0 bridgehead atoms. The Morgan fingerprint density at radius 2 is 2.00 bits per heavy atom. The number of para-hydroxylation sites is 1. The third-order valence-electron chi connectivity index (χ3n) is 2.64. The van der Waals surface area contributed by atoms with E-state index in [0.717, 1.165) is 22.8 Å². The maximum atomic E-state index is 5.63. The third-order valence-corrected chi connectivity index (χ3v) is 2.64. The van der Waals surface area contributed by atoms with Crippen molar-refractivity contribution in [1.82, 2.24) is 9.97 Å². The molecule has 0 fully saturated rings. The van der Waals surface area contributed by atoms with Crippen LogP contribution in [-0.4, -0.2) is 23.2 Å². The average Bonchev–Trinajstić information content (AvgIpc) is 2.46. The van der Waals surface area contributed by atoms with Crippen LogP contribution >= 0.6 is 0 Å². The van der Waals surface area contributed by atoms with Crippen LogP contribution in [0.15, 0.2) is 36.8 Å². The quantitative estimate of drug-likeness (QED) is 0.808. The number of ether oxygens (including phenoxy) is 2. The molecule has 0 saturated carbocycles. The van der Waals surface area contributed by atoms with Crippen molar-refractivity contribution in [3.63, 3.8) is 0 Å². The van der Waals surface area contributed by atoms with E-state index < -0.39 is 0 Å². The molecule has 1 aliphatic rings. The van der Waals surface area contributed by atoms with Gasteiger partial charge in [0.05, 0.1) is 5.69 Å². The summed E-state index contributed by atoms with van der Waals surface area (Å²) in [5.41, 5.74) is 1.85. The fraction of sp³-hybridized carbons (Fsp3) is 0.143. The summed E-state index contributed by atoms with van der Waals surface area (Å²) in [6.07, 6.45) is 7.14. The Morgan fingerprint density at radius 3 is 2.89 bits per heavy atom. The zero-order chi connectivity index (χ0) is 12.2. The van der Waals surface area contributed by atoms with Crippen LogP contribution in [0.5, 0.6) is 11.5 Å². The number of nitrogens with zero attached hydrogens (tertiary/aromatic N) is 2. The highest BCUT2D eigenvalue weighted by Gasteiger charge is 2.13. The largest absolute Gasteiger partial charge is 0.486 e. The van der Waals surface area contributed by atoms with E-state index in [1.165, 1.54) is 6.33 Å². The van der Waals surface area contributed by atoms with Crippen molar-refractivity contribution in [2.75, 3.05) is 13.2 Å². The third kappa shape index (κ3) is 2.18. The molecule has 18 heavy (non-hydrogen) atoms. The second-order valence-electron chi connectivity index (χ2n) is 3.84. The zero-order valence-electron chi connectivity index (χ0n) is 9.74. The van der Waals surface area contributed by atoms with E-state index >= 15 is 0 Å². The Balaban J connectivity index is 1.91. The lowest BCUT2D eigenvalue weighted by Crippen LogP contribution is -2.15. The summed E-state index contributed by atoms with van der Waals surface area (Å²) >= 11 is 0. The molecule has 0 N–H and O–H groups in total. The van der Waals surface area contributed by atoms with Crippen LogP contribution in [0.3, 0.4) is 0 Å².